The number of rotatable bonds is 3. The molecule has 0 aliphatic rings. The first-order chi connectivity index (χ1) is 8.85. The molecule has 3 nitrogen and oxygen atoms in total. The van der Waals surface area contributed by atoms with Crippen molar-refractivity contribution in [1.82, 2.24) is 9.97 Å². The van der Waals surface area contributed by atoms with E-state index in [1.165, 1.54) is 12.1 Å². The number of nitrogens with zero attached hydrogens (tertiary/aromatic N) is 1. The molecule has 1 aromatic carbocycles. The maximum atomic E-state index is 12.0. The second-order valence-corrected chi connectivity index (χ2v) is 4.41. The van der Waals surface area contributed by atoms with E-state index in [0.29, 0.717) is 0 Å². The molecule has 2 aromatic rings. The van der Waals surface area contributed by atoms with Crippen LogP contribution in [0.3, 0.4) is 0 Å². The molecule has 0 amide bonds. The number of ether oxygens (including phenoxy) is 1. The lowest BCUT2D eigenvalue weighted by Crippen LogP contribution is -2.16. The standard InChI is InChI=1S/C13H13F3N2O/c1-8(2)12-17-7-11(18-12)9-3-5-10(6-4-9)19-13(14,15)16/h3-8H,1-2H3,(H,17,18). The average Bonchev–Trinajstić information content (AvgIpc) is 2.77. The van der Waals surface area contributed by atoms with Crippen molar-refractivity contribution in [3.8, 4) is 17.0 Å². The number of hydrogen-bond acceptors (Lipinski definition) is 2. The zero-order chi connectivity index (χ0) is 14.0. The second kappa shape index (κ2) is 4.95. The number of aromatic nitrogens is 2. The number of halogens is 3. The summed E-state index contributed by atoms with van der Waals surface area (Å²) in [4.78, 5) is 7.33. The molecule has 0 aliphatic heterocycles. The summed E-state index contributed by atoms with van der Waals surface area (Å²) in [6.07, 6.45) is -3.00. The largest absolute Gasteiger partial charge is 0.573 e. The number of H-pyrrole nitrogens is 1. The Hall–Kier alpha value is -1.98. The van der Waals surface area contributed by atoms with Crippen LogP contribution in [0.1, 0.15) is 25.6 Å². The highest BCUT2D eigenvalue weighted by Gasteiger charge is 2.30. The van der Waals surface area contributed by atoms with E-state index >= 15 is 0 Å². The molecule has 1 N–H and O–H groups in total. The summed E-state index contributed by atoms with van der Waals surface area (Å²) in [7, 11) is 0. The molecular formula is C13H13F3N2O. The van der Waals surface area contributed by atoms with Gasteiger partial charge in [0.05, 0.1) is 11.9 Å². The van der Waals surface area contributed by atoms with Gasteiger partial charge < -0.3 is 9.72 Å². The minimum Gasteiger partial charge on any atom is -0.406 e. The number of alkyl halides is 3. The molecule has 19 heavy (non-hydrogen) atoms. The fraction of sp³-hybridized carbons (Fsp3) is 0.308. The average molecular weight is 270 g/mol. The van der Waals surface area contributed by atoms with Gasteiger partial charge in [-0.3, -0.25) is 0 Å². The van der Waals surface area contributed by atoms with Gasteiger partial charge in [0.15, 0.2) is 0 Å². The molecule has 0 fully saturated rings. The van der Waals surface area contributed by atoms with Crippen molar-refractivity contribution in [2.75, 3.05) is 0 Å². The van der Waals surface area contributed by atoms with E-state index in [0.717, 1.165) is 17.1 Å². The minimum absolute atomic E-state index is 0.236. The first-order valence-corrected chi connectivity index (χ1v) is 5.76. The third kappa shape index (κ3) is 3.49. The Bertz CT molecular complexity index is 544. The molecule has 0 saturated heterocycles. The summed E-state index contributed by atoms with van der Waals surface area (Å²) in [6.45, 7) is 4.01. The van der Waals surface area contributed by atoms with Gasteiger partial charge in [-0.25, -0.2) is 4.98 Å². The highest BCUT2D eigenvalue weighted by molar-refractivity contribution is 5.59. The lowest BCUT2D eigenvalue weighted by Gasteiger charge is -2.08. The number of nitrogens with one attached hydrogen (secondary N) is 1. The molecule has 102 valence electrons. The Morgan fingerprint density at radius 2 is 1.79 bits per heavy atom. The Kier molecular flexibility index (Phi) is 3.50. The fourth-order valence-electron chi connectivity index (χ4n) is 1.61. The van der Waals surface area contributed by atoms with Crippen LogP contribution in [0.2, 0.25) is 0 Å². The van der Waals surface area contributed by atoms with Gasteiger partial charge >= 0.3 is 6.36 Å². The maximum Gasteiger partial charge on any atom is 0.573 e. The van der Waals surface area contributed by atoms with E-state index in [9.17, 15) is 13.2 Å². The van der Waals surface area contributed by atoms with Crippen molar-refractivity contribution in [2.24, 2.45) is 0 Å². The first kappa shape index (κ1) is 13.5. The zero-order valence-electron chi connectivity index (χ0n) is 10.5. The van der Waals surface area contributed by atoms with Crippen molar-refractivity contribution in [3.05, 3.63) is 36.3 Å². The van der Waals surface area contributed by atoms with E-state index in [2.05, 4.69) is 14.7 Å². The molecular weight excluding hydrogens is 257 g/mol. The Morgan fingerprint density at radius 3 is 2.26 bits per heavy atom. The molecule has 6 heteroatoms. The van der Waals surface area contributed by atoms with Gasteiger partial charge in [0, 0.05) is 5.92 Å². The predicted molar refractivity (Wildman–Crippen MR) is 64.8 cm³/mol. The van der Waals surface area contributed by atoms with Crippen LogP contribution in [0.15, 0.2) is 30.5 Å². The molecule has 1 aromatic heterocycles. The van der Waals surface area contributed by atoms with Crippen LogP contribution in [-0.4, -0.2) is 16.3 Å². The van der Waals surface area contributed by atoms with Crippen LogP contribution in [0.4, 0.5) is 13.2 Å². The van der Waals surface area contributed by atoms with E-state index in [4.69, 9.17) is 0 Å². The normalized spacial score (nSPS) is 11.9. The van der Waals surface area contributed by atoms with Gasteiger partial charge in [0.2, 0.25) is 0 Å². The fourth-order valence-corrected chi connectivity index (χ4v) is 1.61. The van der Waals surface area contributed by atoms with Gasteiger partial charge in [-0.15, -0.1) is 13.2 Å². The molecule has 0 saturated carbocycles. The van der Waals surface area contributed by atoms with Crippen LogP contribution < -0.4 is 4.74 Å². The van der Waals surface area contributed by atoms with Crippen LogP contribution in [0, 0.1) is 0 Å². The molecule has 0 aliphatic carbocycles. The monoisotopic (exact) mass is 270 g/mol. The molecule has 0 radical (unpaired) electrons. The van der Waals surface area contributed by atoms with E-state index in [1.807, 2.05) is 13.8 Å². The number of benzene rings is 1. The minimum atomic E-state index is -4.67. The quantitative estimate of drug-likeness (QED) is 0.911. The highest BCUT2D eigenvalue weighted by atomic mass is 19.4. The van der Waals surface area contributed by atoms with Crippen LogP contribution >= 0.6 is 0 Å². The van der Waals surface area contributed by atoms with E-state index < -0.39 is 6.36 Å². The van der Waals surface area contributed by atoms with Gasteiger partial charge in [-0.1, -0.05) is 13.8 Å². The van der Waals surface area contributed by atoms with Crippen molar-refractivity contribution in [2.45, 2.75) is 26.1 Å². The van der Waals surface area contributed by atoms with Gasteiger partial charge in [-0.2, -0.15) is 0 Å². The summed E-state index contributed by atoms with van der Waals surface area (Å²) in [5, 5.41) is 0. The van der Waals surface area contributed by atoms with Gasteiger partial charge in [-0.05, 0) is 29.8 Å². The highest BCUT2D eigenvalue weighted by Crippen LogP contribution is 2.26. The lowest BCUT2D eigenvalue weighted by molar-refractivity contribution is -0.274. The number of aromatic amines is 1. The maximum absolute atomic E-state index is 12.0. The van der Waals surface area contributed by atoms with Crippen molar-refractivity contribution < 1.29 is 17.9 Å². The summed E-state index contributed by atoms with van der Waals surface area (Å²) < 4.78 is 39.9. The van der Waals surface area contributed by atoms with Gasteiger partial charge in [0.1, 0.15) is 11.6 Å². The van der Waals surface area contributed by atoms with Crippen LogP contribution in [0.5, 0.6) is 5.75 Å². The van der Waals surface area contributed by atoms with Crippen molar-refractivity contribution >= 4 is 0 Å². The topological polar surface area (TPSA) is 37.9 Å². The van der Waals surface area contributed by atoms with Crippen LogP contribution in [0.25, 0.3) is 11.3 Å². The first-order valence-electron chi connectivity index (χ1n) is 5.76. The number of hydrogen-bond donors (Lipinski definition) is 1. The smallest absolute Gasteiger partial charge is 0.406 e. The van der Waals surface area contributed by atoms with Gasteiger partial charge in [0.25, 0.3) is 0 Å². The summed E-state index contributed by atoms with van der Waals surface area (Å²) in [6, 6.07) is 5.66. The Labute approximate surface area is 108 Å². The SMILES string of the molecule is CC(C)c1ncc(-c2ccc(OC(F)(F)F)cc2)[nH]1. The third-order valence-electron chi connectivity index (χ3n) is 2.54. The Balaban J connectivity index is 2.17. The Morgan fingerprint density at radius 1 is 1.16 bits per heavy atom. The molecule has 0 bridgehead atoms. The molecule has 2 rings (SSSR count). The summed E-state index contributed by atoms with van der Waals surface area (Å²) in [5.74, 6) is 0.868. The molecule has 1 heterocycles. The number of imidazole rings is 1. The van der Waals surface area contributed by atoms with Crippen LogP contribution in [-0.2, 0) is 0 Å². The van der Waals surface area contributed by atoms with Crippen molar-refractivity contribution in [3.63, 3.8) is 0 Å². The second-order valence-electron chi connectivity index (χ2n) is 4.41. The van der Waals surface area contributed by atoms with Crippen molar-refractivity contribution in [1.29, 1.82) is 0 Å². The molecule has 0 spiro atoms. The van der Waals surface area contributed by atoms with E-state index in [1.54, 1.807) is 18.3 Å². The third-order valence-corrected chi connectivity index (χ3v) is 2.54. The summed E-state index contributed by atoms with van der Waals surface area (Å²) >= 11 is 0. The molecule has 0 unspecified atom stereocenters. The molecule has 0 atom stereocenters. The van der Waals surface area contributed by atoms with E-state index in [-0.39, 0.29) is 11.7 Å². The zero-order valence-corrected chi connectivity index (χ0v) is 10.5. The lowest BCUT2D eigenvalue weighted by atomic mass is 10.1. The predicted octanol–water partition coefficient (Wildman–Crippen LogP) is 4.10. The summed E-state index contributed by atoms with van der Waals surface area (Å²) in [5.41, 5.74) is 1.52.